The van der Waals surface area contributed by atoms with Crippen LogP contribution in [0, 0.1) is 11.8 Å². The Kier molecular flexibility index (Phi) is 8.72. The second kappa shape index (κ2) is 12.2. The molecule has 0 bridgehead atoms. The van der Waals surface area contributed by atoms with Crippen LogP contribution < -0.4 is 15.4 Å². The first-order valence-electron chi connectivity index (χ1n) is 12.2. The smallest absolute Gasteiger partial charge is 0.324 e. The van der Waals surface area contributed by atoms with E-state index in [4.69, 9.17) is 25.6 Å². The van der Waals surface area contributed by atoms with Gasteiger partial charge in [-0.1, -0.05) is 49.4 Å². The molecule has 0 spiro atoms. The molecule has 4 rings (SSSR count). The molecule has 2 heterocycles. The van der Waals surface area contributed by atoms with Gasteiger partial charge in [0.1, 0.15) is 18.1 Å². The summed E-state index contributed by atoms with van der Waals surface area (Å²) in [5.41, 5.74) is 2.05. The van der Waals surface area contributed by atoms with Crippen LogP contribution >= 0.6 is 11.6 Å². The number of nitrogens with one attached hydrogen (secondary N) is 2. The van der Waals surface area contributed by atoms with Crippen LogP contribution in [-0.4, -0.2) is 55.5 Å². The number of nitrogens with zero attached hydrogens (tertiary/aromatic N) is 2. The van der Waals surface area contributed by atoms with Gasteiger partial charge in [-0.3, -0.25) is 10.2 Å². The summed E-state index contributed by atoms with van der Waals surface area (Å²) in [6.45, 7) is 10.8. The average molecular weight is 523 g/mol. The molecule has 1 saturated heterocycles. The lowest BCUT2D eigenvalue weighted by atomic mass is 9.93. The first-order chi connectivity index (χ1) is 17.8. The molecule has 0 atom stereocenters. The third-order valence-corrected chi connectivity index (χ3v) is 6.00. The minimum atomic E-state index is -0.407. The van der Waals surface area contributed by atoms with Gasteiger partial charge >= 0.3 is 6.03 Å². The minimum absolute atomic E-state index is 0.191. The maximum Gasteiger partial charge on any atom is 0.324 e. The molecule has 1 fully saturated rings. The van der Waals surface area contributed by atoms with Crippen molar-refractivity contribution in [3.63, 3.8) is 0 Å². The molecule has 1 aromatic heterocycles. The van der Waals surface area contributed by atoms with Gasteiger partial charge in [-0.2, -0.15) is 0 Å². The summed E-state index contributed by atoms with van der Waals surface area (Å²) in [4.78, 5) is 14.6. The minimum Gasteiger partial charge on any atom is -0.491 e. The number of hydrogen-bond donors (Lipinski definition) is 2. The number of rotatable bonds is 6. The molecule has 0 aliphatic carbocycles. The lowest BCUT2D eigenvalue weighted by molar-refractivity contribution is 0.0322. The molecular weight excluding hydrogens is 492 g/mol. The number of urea groups is 1. The van der Waals surface area contributed by atoms with Crippen LogP contribution in [0.2, 0.25) is 5.02 Å². The van der Waals surface area contributed by atoms with Crippen molar-refractivity contribution in [1.82, 2.24) is 10.1 Å². The molecule has 1 aliphatic rings. The predicted octanol–water partition coefficient (Wildman–Crippen LogP) is 5.38. The lowest BCUT2D eigenvalue weighted by Gasteiger charge is -2.26. The van der Waals surface area contributed by atoms with Crippen LogP contribution in [0.15, 0.2) is 53.1 Å². The summed E-state index contributed by atoms with van der Waals surface area (Å²) < 4.78 is 16.6. The molecule has 1 aliphatic heterocycles. The van der Waals surface area contributed by atoms with Gasteiger partial charge in [0.2, 0.25) is 0 Å². The van der Waals surface area contributed by atoms with E-state index in [0.717, 1.165) is 44.0 Å². The van der Waals surface area contributed by atoms with Gasteiger partial charge in [0.05, 0.1) is 18.2 Å². The number of benzene rings is 2. The van der Waals surface area contributed by atoms with Crippen molar-refractivity contribution in [3.05, 3.63) is 70.4 Å². The molecule has 194 valence electrons. The van der Waals surface area contributed by atoms with Crippen LogP contribution in [0.5, 0.6) is 5.75 Å². The van der Waals surface area contributed by atoms with E-state index < -0.39 is 6.03 Å². The number of aromatic nitrogens is 1. The second-order valence-corrected chi connectivity index (χ2v) is 10.1. The summed E-state index contributed by atoms with van der Waals surface area (Å²) in [6.07, 6.45) is 0. The van der Waals surface area contributed by atoms with E-state index in [2.05, 4.69) is 32.5 Å². The second-order valence-electron chi connectivity index (χ2n) is 9.68. The standard InChI is InChI=1S/C28H31ClN4O4/c1-28(2,3)25-19-26(32-37-25)31-27(34)30-22-9-6-20(7-10-22)4-5-21-8-11-23(29)24(18-21)36-17-14-33-12-15-35-16-13-33/h6-11,18-19H,12-17H2,1-3H3,(H2,30,31,32,34). The topological polar surface area (TPSA) is 88.9 Å². The summed E-state index contributed by atoms with van der Waals surface area (Å²) in [7, 11) is 0. The van der Waals surface area contributed by atoms with Gasteiger partial charge in [-0.25, -0.2) is 4.79 Å². The van der Waals surface area contributed by atoms with Gasteiger partial charge in [0.25, 0.3) is 0 Å². The Balaban J connectivity index is 1.30. The van der Waals surface area contributed by atoms with Crippen LogP contribution in [-0.2, 0) is 10.2 Å². The fourth-order valence-corrected chi connectivity index (χ4v) is 3.72. The number of morpholine rings is 1. The van der Waals surface area contributed by atoms with Crippen LogP contribution in [0.3, 0.4) is 0 Å². The average Bonchev–Trinajstić information content (AvgIpc) is 3.35. The first-order valence-corrected chi connectivity index (χ1v) is 12.5. The molecule has 9 heteroatoms. The van der Waals surface area contributed by atoms with Gasteiger partial charge in [-0.05, 0) is 42.5 Å². The van der Waals surface area contributed by atoms with Crippen LogP contribution in [0.1, 0.15) is 37.7 Å². The maximum absolute atomic E-state index is 12.3. The zero-order valence-electron chi connectivity index (χ0n) is 21.3. The Morgan fingerprint density at radius 3 is 2.46 bits per heavy atom. The summed E-state index contributed by atoms with van der Waals surface area (Å²) >= 11 is 6.31. The Labute approximate surface area is 222 Å². The molecule has 2 N–H and O–H groups in total. The van der Waals surface area contributed by atoms with E-state index in [0.29, 0.717) is 34.6 Å². The zero-order valence-corrected chi connectivity index (χ0v) is 22.0. The third-order valence-electron chi connectivity index (χ3n) is 5.68. The highest BCUT2D eigenvalue weighted by atomic mass is 35.5. The van der Waals surface area contributed by atoms with Crippen molar-refractivity contribution in [2.45, 2.75) is 26.2 Å². The number of anilines is 2. The number of amides is 2. The van der Waals surface area contributed by atoms with Crippen molar-refractivity contribution in [2.24, 2.45) is 0 Å². The molecule has 2 amide bonds. The molecule has 2 aromatic carbocycles. The molecule has 0 unspecified atom stereocenters. The first kappa shape index (κ1) is 26.6. The SMILES string of the molecule is CC(C)(C)c1cc(NC(=O)Nc2ccc(C#Cc3ccc(Cl)c(OCCN4CCOCC4)c3)cc2)no1. The van der Waals surface area contributed by atoms with E-state index >= 15 is 0 Å². The van der Waals surface area contributed by atoms with Crippen molar-refractivity contribution in [3.8, 4) is 17.6 Å². The largest absolute Gasteiger partial charge is 0.491 e. The number of ether oxygens (including phenoxy) is 2. The van der Waals surface area contributed by atoms with E-state index in [-0.39, 0.29) is 5.41 Å². The van der Waals surface area contributed by atoms with Crippen LogP contribution in [0.4, 0.5) is 16.3 Å². The van der Waals surface area contributed by atoms with Crippen molar-refractivity contribution in [1.29, 1.82) is 0 Å². The molecule has 0 saturated carbocycles. The molecular formula is C28H31ClN4O4. The quantitative estimate of drug-likeness (QED) is 0.422. The maximum atomic E-state index is 12.3. The summed E-state index contributed by atoms with van der Waals surface area (Å²) in [5, 5.41) is 9.90. The van der Waals surface area contributed by atoms with Gasteiger partial charge in [0.15, 0.2) is 5.82 Å². The Hall–Kier alpha value is -3.51. The van der Waals surface area contributed by atoms with Crippen molar-refractivity contribution >= 4 is 29.1 Å². The van der Waals surface area contributed by atoms with E-state index in [1.807, 2.05) is 45.0 Å². The van der Waals surface area contributed by atoms with Crippen LogP contribution in [0.25, 0.3) is 0 Å². The van der Waals surface area contributed by atoms with Gasteiger partial charge in [0, 0.05) is 47.9 Å². The number of carbonyl (C=O) groups excluding carboxylic acids is 1. The zero-order chi connectivity index (χ0) is 26.3. The molecule has 37 heavy (non-hydrogen) atoms. The number of carbonyl (C=O) groups is 1. The fourth-order valence-electron chi connectivity index (χ4n) is 3.55. The monoisotopic (exact) mass is 522 g/mol. The molecule has 8 nitrogen and oxygen atoms in total. The normalized spacial score (nSPS) is 13.9. The highest BCUT2D eigenvalue weighted by Gasteiger charge is 2.20. The Morgan fingerprint density at radius 1 is 1.05 bits per heavy atom. The highest BCUT2D eigenvalue weighted by molar-refractivity contribution is 6.32. The lowest BCUT2D eigenvalue weighted by Crippen LogP contribution is -2.38. The number of halogens is 1. The summed E-state index contributed by atoms with van der Waals surface area (Å²) in [6, 6.07) is 14.1. The predicted molar refractivity (Wildman–Crippen MR) is 144 cm³/mol. The van der Waals surface area contributed by atoms with E-state index in [1.54, 1.807) is 24.3 Å². The van der Waals surface area contributed by atoms with E-state index in [9.17, 15) is 4.79 Å². The summed E-state index contributed by atoms with van der Waals surface area (Å²) in [5.74, 6) is 7.94. The van der Waals surface area contributed by atoms with Gasteiger partial charge in [-0.15, -0.1) is 0 Å². The Morgan fingerprint density at radius 2 is 1.76 bits per heavy atom. The highest BCUT2D eigenvalue weighted by Crippen LogP contribution is 2.26. The Bertz CT molecular complexity index is 1270. The van der Waals surface area contributed by atoms with Crippen molar-refractivity contribution < 1.29 is 18.8 Å². The number of hydrogen-bond acceptors (Lipinski definition) is 6. The molecule has 0 radical (unpaired) electrons. The molecule has 3 aromatic rings. The fraction of sp³-hybridized carbons (Fsp3) is 0.357. The van der Waals surface area contributed by atoms with E-state index in [1.165, 1.54) is 0 Å². The van der Waals surface area contributed by atoms with Crippen molar-refractivity contribution in [2.75, 3.05) is 50.1 Å². The third kappa shape index (κ3) is 7.99. The van der Waals surface area contributed by atoms with Gasteiger partial charge < -0.3 is 19.3 Å².